The third-order valence-electron chi connectivity index (χ3n) is 2.27. The van der Waals surface area contributed by atoms with E-state index in [4.69, 9.17) is 4.74 Å². The molecule has 1 aromatic rings. The molecule has 17 heavy (non-hydrogen) atoms. The van der Waals surface area contributed by atoms with Gasteiger partial charge in [-0.2, -0.15) is 13.2 Å². The van der Waals surface area contributed by atoms with Crippen LogP contribution in [0.4, 0.5) is 13.2 Å². The molecule has 90 valence electrons. The van der Waals surface area contributed by atoms with Gasteiger partial charge < -0.3 is 4.74 Å². The average molecular weight is 307 g/mol. The Morgan fingerprint density at radius 3 is 2.65 bits per heavy atom. The number of ether oxygens (including phenoxy) is 1. The lowest BCUT2D eigenvalue weighted by Gasteiger charge is -2.26. The van der Waals surface area contributed by atoms with Gasteiger partial charge >= 0.3 is 6.18 Å². The van der Waals surface area contributed by atoms with Gasteiger partial charge in [-0.25, -0.2) is 0 Å². The van der Waals surface area contributed by atoms with E-state index in [2.05, 4.69) is 15.9 Å². The fourth-order valence-corrected chi connectivity index (χ4v) is 1.92. The van der Waals surface area contributed by atoms with Gasteiger partial charge in [0.1, 0.15) is 12.0 Å². The number of halogens is 4. The number of carbonyl (C=O) groups is 1. The number of carbonyl (C=O) groups excluding carboxylic acids is 1. The summed E-state index contributed by atoms with van der Waals surface area (Å²) in [6.07, 6.45) is -5.43. The van der Waals surface area contributed by atoms with Gasteiger partial charge in [0.05, 0.1) is 0 Å². The standard InChI is InChI=1S/C11H6BrF3O2/c12-8-1-2-9-6(4-8)3-7(5-16)10(17-9)11(13,14)15/h1-5,10H/t10-/m1/s1. The number of benzene rings is 1. The molecule has 1 atom stereocenters. The number of hydrogen-bond acceptors (Lipinski definition) is 2. The summed E-state index contributed by atoms with van der Waals surface area (Å²) in [6, 6.07) is 4.59. The summed E-state index contributed by atoms with van der Waals surface area (Å²) in [5.74, 6) is 0.112. The summed E-state index contributed by atoms with van der Waals surface area (Å²) in [5.41, 5.74) is 0.0186. The number of alkyl halides is 3. The molecule has 0 aromatic heterocycles. The summed E-state index contributed by atoms with van der Waals surface area (Å²) < 4.78 is 43.4. The second kappa shape index (κ2) is 4.18. The lowest BCUT2D eigenvalue weighted by molar-refractivity contribution is -0.184. The summed E-state index contributed by atoms with van der Waals surface area (Å²) >= 11 is 3.19. The van der Waals surface area contributed by atoms with E-state index in [0.29, 0.717) is 10.0 Å². The molecule has 0 spiro atoms. The predicted molar refractivity (Wildman–Crippen MR) is 58.7 cm³/mol. The zero-order valence-corrected chi connectivity index (χ0v) is 9.88. The van der Waals surface area contributed by atoms with Crippen molar-refractivity contribution >= 4 is 28.3 Å². The topological polar surface area (TPSA) is 26.3 Å². The Kier molecular flexibility index (Phi) is 2.99. The molecule has 0 saturated carbocycles. The highest BCUT2D eigenvalue weighted by atomic mass is 79.9. The largest absolute Gasteiger partial charge is 0.475 e. The smallest absolute Gasteiger partial charge is 0.429 e. The predicted octanol–water partition coefficient (Wildman–Crippen LogP) is 3.35. The normalized spacial score (nSPS) is 19.1. The van der Waals surface area contributed by atoms with Crippen LogP contribution in [-0.4, -0.2) is 18.6 Å². The summed E-state index contributed by atoms with van der Waals surface area (Å²) in [4.78, 5) is 10.7. The molecule has 0 saturated heterocycles. The van der Waals surface area contributed by atoms with E-state index in [0.717, 1.165) is 0 Å². The van der Waals surface area contributed by atoms with Crippen LogP contribution in [0.2, 0.25) is 0 Å². The Morgan fingerprint density at radius 2 is 2.06 bits per heavy atom. The Bertz CT molecular complexity index is 494. The van der Waals surface area contributed by atoms with Gasteiger partial charge in [0.2, 0.25) is 6.10 Å². The zero-order chi connectivity index (χ0) is 12.6. The minimum absolute atomic E-state index is 0.112. The molecule has 2 nitrogen and oxygen atoms in total. The van der Waals surface area contributed by atoms with Gasteiger partial charge in [0.25, 0.3) is 0 Å². The molecule has 0 unspecified atom stereocenters. The molecule has 1 aliphatic heterocycles. The molecule has 0 amide bonds. The maximum atomic E-state index is 12.6. The van der Waals surface area contributed by atoms with Crippen LogP contribution in [0.25, 0.3) is 6.08 Å². The van der Waals surface area contributed by atoms with E-state index in [1.807, 2.05) is 0 Å². The molecular weight excluding hydrogens is 301 g/mol. The first kappa shape index (κ1) is 12.2. The van der Waals surface area contributed by atoms with Crippen molar-refractivity contribution in [2.75, 3.05) is 0 Å². The first-order chi connectivity index (χ1) is 7.91. The maximum absolute atomic E-state index is 12.6. The second-order valence-electron chi connectivity index (χ2n) is 3.48. The first-order valence-corrected chi connectivity index (χ1v) is 5.41. The van der Waals surface area contributed by atoms with Gasteiger partial charge in [0, 0.05) is 15.6 Å². The Labute approximate surface area is 103 Å². The molecule has 0 N–H and O–H groups in total. The summed E-state index contributed by atoms with van der Waals surface area (Å²) in [7, 11) is 0. The van der Waals surface area contributed by atoms with E-state index in [-0.39, 0.29) is 12.0 Å². The SMILES string of the molecule is O=CC1=Cc2cc(Br)ccc2O[C@H]1C(F)(F)F. The number of hydrogen-bond donors (Lipinski definition) is 0. The number of fused-ring (bicyclic) bond motifs is 1. The van der Waals surface area contributed by atoms with Crippen LogP contribution in [0, 0.1) is 0 Å². The third kappa shape index (κ3) is 2.36. The van der Waals surface area contributed by atoms with Gasteiger partial charge in [-0.3, -0.25) is 4.79 Å². The maximum Gasteiger partial charge on any atom is 0.429 e. The highest BCUT2D eigenvalue weighted by molar-refractivity contribution is 9.10. The zero-order valence-electron chi connectivity index (χ0n) is 8.29. The van der Waals surface area contributed by atoms with Crippen molar-refractivity contribution in [1.82, 2.24) is 0 Å². The average Bonchev–Trinajstić information content (AvgIpc) is 2.25. The molecular formula is C11H6BrF3O2. The van der Waals surface area contributed by atoms with Crippen LogP contribution < -0.4 is 4.74 Å². The van der Waals surface area contributed by atoms with Crippen LogP contribution in [0.15, 0.2) is 28.2 Å². The molecule has 1 aromatic carbocycles. The van der Waals surface area contributed by atoms with E-state index in [9.17, 15) is 18.0 Å². The van der Waals surface area contributed by atoms with Crippen molar-refractivity contribution in [3.8, 4) is 5.75 Å². The van der Waals surface area contributed by atoms with Crippen LogP contribution in [0.1, 0.15) is 5.56 Å². The highest BCUT2D eigenvalue weighted by Gasteiger charge is 2.46. The number of rotatable bonds is 1. The minimum atomic E-state index is -4.60. The molecule has 1 heterocycles. The fourth-order valence-electron chi connectivity index (χ4n) is 1.54. The molecule has 0 fully saturated rings. The van der Waals surface area contributed by atoms with Crippen molar-refractivity contribution in [1.29, 1.82) is 0 Å². The van der Waals surface area contributed by atoms with E-state index < -0.39 is 17.9 Å². The number of aldehydes is 1. The molecule has 0 aliphatic carbocycles. The second-order valence-corrected chi connectivity index (χ2v) is 4.40. The molecule has 0 bridgehead atoms. The Morgan fingerprint density at radius 1 is 1.35 bits per heavy atom. The minimum Gasteiger partial charge on any atom is -0.475 e. The first-order valence-electron chi connectivity index (χ1n) is 4.61. The van der Waals surface area contributed by atoms with Crippen molar-refractivity contribution in [3.63, 3.8) is 0 Å². The van der Waals surface area contributed by atoms with E-state index >= 15 is 0 Å². The van der Waals surface area contributed by atoms with Crippen LogP contribution in [0.5, 0.6) is 5.75 Å². The quantitative estimate of drug-likeness (QED) is 0.744. The van der Waals surface area contributed by atoms with E-state index in [1.54, 1.807) is 12.1 Å². The van der Waals surface area contributed by atoms with Gasteiger partial charge in [0.15, 0.2) is 0 Å². The third-order valence-corrected chi connectivity index (χ3v) is 2.77. The summed E-state index contributed by atoms with van der Waals surface area (Å²) in [6.45, 7) is 0. The van der Waals surface area contributed by atoms with Crippen LogP contribution >= 0.6 is 15.9 Å². The van der Waals surface area contributed by atoms with Crippen molar-refractivity contribution in [2.24, 2.45) is 0 Å². The van der Waals surface area contributed by atoms with Crippen LogP contribution in [-0.2, 0) is 4.79 Å². The fraction of sp³-hybridized carbons (Fsp3) is 0.182. The molecule has 0 radical (unpaired) electrons. The van der Waals surface area contributed by atoms with Crippen LogP contribution in [0.3, 0.4) is 0 Å². The lowest BCUT2D eigenvalue weighted by Crippen LogP contribution is -2.38. The van der Waals surface area contributed by atoms with Gasteiger partial charge in [-0.1, -0.05) is 15.9 Å². The van der Waals surface area contributed by atoms with Crippen molar-refractivity contribution < 1.29 is 22.7 Å². The Hall–Kier alpha value is -1.30. The lowest BCUT2D eigenvalue weighted by atomic mass is 10.0. The van der Waals surface area contributed by atoms with Gasteiger partial charge in [-0.05, 0) is 24.3 Å². The molecule has 1 aliphatic rings. The highest BCUT2D eigenvalue weighted by Crippen LogP contribution is 2.37. The van der Waals surface area contributed by atoms with Gasteiger partial charge in [-0.15, -0.1) is 0 Å². The molecule has 6 heteroatoms. The monoisotopic (exact) mass is 306 g/mol. The van der Waals surface area contributed by atoms with Crippen molar-refractivity contribution in [2.45, 2.75) is 12.3 Å². The molecule has 2 rings (SSSR count). The van der Waals surface area contributed by atoms with Crippen molar-refractivity contribution in [3.05, 3.63) is 33.8 Å². The Balaban J connectivity index is 2.49. The summed E-state index contributed by atoms with van der Waals surface area (Å²) in [5, 5.41) is 0. The van der Waals surface area contributed by atoms with E-state index in [1.165, 1.54) is 12.1 Å².